The van der Waals surface area contributed by atoms with Gasteiger partial charge in [-0.25, -0.2) is 4.39 Å². The van der Waals surface area contributed by atoms with E-state index < -0.39 is 5.82 Å². The lowest BCUT2D eigenvalue weighted by Crippen LogP contribution is -2.41. The Morgan fingerprint density at radius 2 is 2.00 bits per heavy atom. The van der Waals surface area contributed by atoms with Crippen molar-refractivity contribution < 1.29 is 9.18 Å². The zero-order valence-electron chi connectivity index (χ0n) is 11.7. The summed E-state index contributed by atoms with van der Waals surface area (Å²) in [6.07, 6.45) is 1.76. The van der Waals surface area contributed by atoms with Gasteiger partial charge in [0.2, 0.25) is 0 Å². The van der Waals surface area contributed by atoms with E-state index in [0.29, 0.717) is 11.9 Å². The average Bonchev–Trinajstić information content (AvgIpc) is 2.38. The fraction of sp³-hybridized carbons (Fsp3) is 0.533. The van der Waals surface area contributed by atoms with Crippen molar-refractivity contribution in [3.8, 4) is 0 Å². The molecule has 0 bridgehead atoms. The van der Waals surface area contributed by atoms with E-state index in [0.717, 1.165) is 18.4 Å². The molecule has 19 heavy (non-hydrogen) atoms. The molecule has 0 aliphatic rings. The number of hydrogen-bond acceptors (Lipinski definition) is 1. The first kappa shape index (κ1) is 16.2. The average molecular weight is 330 g/mol. The number of benzene rings is 1. The third kappa shape index (κ3) is 4.03. The number of amides is 1. The van der Waals surface area contributed by atoms with Gasteiger partial charge in [-0.1, -0.05) is 35.8 Å². The summed E-state index contributed by atoms with van der Waals surface area (Å²) in [4.78, 5) is 14.3. The summed E-state index contributed by atoms with van der Waals surface area (Å²) in [5, 5.41) is 0.697. The van der Waals surface area contributed by atoms with Gasteiger partial charge in [-0.15, -0.1) is 0 Å². The van der Waals surface area contributed by atoms with Crippen molar-refractivity contribution in [3.05, 3.63) is 35.1 Å². The zero-order chi connectivity index (χ0) is 14.4. The predicted octanol–water partition coefficient (Wildman–Crippen LogP) is 4.16. The summed E-state index contributed by atoms with van der Waals surface area (Å²) in [7, 11) is 0. The van der Waals surface area contributed by atoms with Crippen LogP contribution in [0, 0.1) is 12.7 Å². The van der Waals surface area contributed by atoms with E-state index >= 15 is 0 Å². The summed E-state index contributed by atoms with van der Waals surface area (Å²) in [5.74, 6) is -0.652. The topological polar surface area (TPSA) is 20.3 Å². The van der Waals surface area contributed by atoms with Gasteiger partial charge in [-0.3, -0.25) is 4.79 Å². The van der Waals surface area contributed by atoms with E-state index in [9.17, 15) is 9.18 Å². The van der Waals surface area contributed by atoms with Crippen LogP contribution in [-0.2, 0) is 0 Å². The zero-order valence-corrected chi connectivity index (χ0v) is 13.3. The lowest BCUT2D eigenvalue weighted by Gasteiger charge is -2.30. The second kappa shape index (κ2) is 7.63. The van der Waals surface area contributed by atoms with Gasteiger partial charge in [0.25, 0.3) is 5.91 Å². The Morgan fingerprint density at radius 3 is 2.47 bits per heavy atom. The van der Waals surface area contributed by atoms with Gasteiger partial charge in [0.1, 0.15) is 5.82 Å². The van der Waals surface area contributed by atoms with Gasteiger partial charge >= 0.3 is 0 Å². The smallest absolute Gasteiger partial charge is 0.257 e. The minimum Gasteiger partial charge on any atom is -0.335 e. The molecule has 106 valence electrons. The molecule has 0 aromatic heterocycles. The molecule has 0 aliphatic heterocycles. The highest BCUT2D eigenvalue weighted by molar-refractivity contribution is 9.09. The molecule has 0 saturated heterocycles. The molecule has 0 spiro atoms. The monoisotopic (exact) mass is 329 g/mol. The van der Waals surface area contributed by atoms with Crippen LogP contribution in [0.25, 0.3) is 0 Å². The van der Waals surface area contributed by atoms with Crippen molar-refractivity contribution in [3.63, 3.8) is 0 Å². The maximum absolute atomic E-state index is 13.9. The fourth-order valence-corrected chi connectivity index (χ4v) is 2.60. The second-order valence-electron chi connectivity index (χ2n) is 4.64. The summed E-state index contributed by atoms with van der Waals surface area (Å²) in [6, 6.07) is 4.92. The highest BCUT2D eigenvalue weighted by atomic mass is 79.9. The van der Waals surface area contributed by atoms with Crippen molar-refractivity contribution in [2.75, 3.05) is 11.9 Å². The van der Waals surface area contributed by atoms with Crippen LogP contribution in [0.5, 0.6) is 0 Å². The Kier molecular flexibility index (Phi) is 6.49. The number of halogens is 2. The Labute approximate surface area is 123 Å². The molecule has 4 heteroatoms. The van der Waals surface area contributed by atoms with E-state index in [1.807, 2.05) is 20.8 Å². The van der Waals surface area contributed by atoms with Crippen LogP contribution in [-0.4, -0.2) is 28.7 Å². The molecule has 0 aliphatic carbocycles. The normalized spacial score (nSPS) is 10.8. The van der Waals surface area contributed by atoms with Crippen molar-refractivity contribution >= 4 is 21.8 Å². The molecule has 1 aromatic carbocycles. The third-order valence-electron chi connectivity index (χ3n) is 3.32. The number of carbonyl (C=O) groups excluding carboxylic acids is 1. The minimum atomic E-state index is -0.435. The molecule has 0 heterocycles. The lowest BCUT2D eigenvalue weighted by molar-refractivity contribution is 0.0678. The van der Waals surface area contributed by atoms with Gasteiger partial charge < -0.3 is 4.90 Å². The van der Waals surface area contributed by atoms with Crippen LogP contribution in [0.2, 0.25) is 0 Å². The SMILES string of the molecule is CCC(CC)N(CCBr)C(=O)c1ccc(C)cc1F. The Hall–Kier alpha value is -0.900. The van der Waals surface area contributed by atoms with E-state index in [2.05, 4.69) is 15.9 Å². The number of rotatable bonds is 6. The summed E-state index contributed by atoms with van der Waals surface area (Å²) < 4.78 is 13.9. The Bertz CT molecular complexity index is 432. The first-order chi connectivity index (χ1) is 9.04. The quantitative estimate of drug-likeness (QED) is 0.717. The Balaban J connectivity index is 3.04. The number of alkyl halides is 1. The first-order valence-corrected chi connectivity index (χ1v) is 7.80. The standard InChI is InChI=1S/C15H21BrFNO/c1-4-12(5-2)18(9-8-16)15(19)13-7-6-11(3)10-14(13)17/h6-7,10,12H,4-5,8-9H2,1-3H3. The molecule has 0 radical (unpaired) electrons. The number of carbonyl (C=O) groups is 1. The molecule has 0 unspecified atom stereocenters. The fourth-order valence-electron chi connectivity index (χ4n) is 2.22. The predicted molar refractivity (Wildman–Crippen MR) is 80.3 cm³/mol. The van der Waals surface area contributed by atoms with Gasteiger partial charge in [-0.2, -0.15) is 0 Å². The third-order valence-corrected chi connectivity index (χ3v) is 3.68. The highest BCUT2D eigenvalue weighted by Crippen LogP contribution is 2.17. The Morgan fingerprint density at radius 1 is 1.37 bits per heavy atom. The second-order valence-corrected chi connectivity index (χ2v) is 5.43. The van der Waals surface area contributed by atoms with Crippen molar-refractivity contribution in [2.24, 2.45) is 0 Å². The van der Waals surface area contributed by atoms with Crippen LogP contribution >= 0.6 is 15.9 Å². The van der Waals surface area contributed by atoms with Crippen LogP contribution in [0.15, 0.2) is 18.2 Å². The largest absolute Gasteiger partial charge is 0.335 e. The maximum atomic E-state index is 13.9. The van der Waals surface area contributed by atoms with Crippen molar-refractivity contribution in [2.45, 2.75) is 39.7 Å². The van der Waals surface area contributed by atoms with E-state index in [-0.39, 0.29) is 17.5 Å². The minimum absolute atomic E-state index is 0.158. The molecule has 1 aromatic rings. The van der Waals surface area contributed by atoms with E-state index in [4.69, 9.17) is 0 Å². The lowest BCUT2D eigenvalue weighted by atomic mass is 10.1. The van der Waals surface area contributed by atoms with Gasteiger partial charge in [-0.05, 0) is 37.5 Å². The molecule has 0 fully saturated rings. The van der Waals surface area contributed by atoms with E-state index in [1.165, 1.54) is 6.07 Å². The molecular weight excluding hydrogens is 309 g/mol. The number of nitrogens with zero attached hydrogens (tertiary/aromatic N) is 1. The summed E-state index contributed by atoms with van der Waals surface area (Å²) in [5.41, 5.74) is 0.988. The van der Waals surface area contributed by atoms with Gasteiger partial charge in [0.15, 0.2) is 0 Å². The molecule has 0 N–H and O–H groups in total. The highest BCUT2D eigenvalue weighted by Gasteiger charge is 2.23. The van der Waals surface area contributed by atoms with Gasteiger partial charge in [0, 0.05) is 17.9 Å². The molecule has 1 rings (SSSR count). The van der Waals surface area contributed by atoms with Crippen LogP contribution in [0.1, 0.15) is 42.6 Å². The molecule has 0 saturated carbocycles. The molecule has 2 nitrogen and oxygen atoms in total. The van der Waals surface area contributed by atoms with Crippen LogP contribution in [0.4, 0.5) is 4.39 Å². The first-order valence-electron chi connectivity index (χ1n) is 6.68. The molecular formula is C15H21BrFNO. The number of aryl methyl sites for hydroxylation is 1. The van der Waals surface area contributed by atoms with Crippen LogP contribution < -0.4 is 0 Å². The van der Waals surface area contributed by atoms with Crippen molar-refractivity contribution in [1.29, 1.82) is 0 Å². The summed E-state index contributed by atoms with van der Waals surface area (Å²) in [6.45, 7) is 6.51. The molecule has 1 amide bonds. The maximum Gasteiger partial charge on any atom is 0.257 e. The van der Waals surface area contributed by atoms with E-state index in [1.54, 1.807) is 17.0 Å². The summed E-state index contributed by atoms with van der Waals surface area (Å²) >= 11 is 3.36. The van der Waals surface area contributed by atoms with Gasteiger partial charge in [0.05, 0.1) is 5.56 Å². The van der Waals surface area contributed by atoms with Crippen molar-refractivity contribution in [1.82, 2.24) is 4.90 Å². The number of hydrogen-bond donors (Lipinski definition) is 0. The van der Waals surface area contributed by atoms with Crippen LogP contribution in [0.3, 0.4) is 0 Å². The molecule has 0 atom stereocenters.